The molecule has 0 spiro atoms. The number of likely N-dealkylation sites (tertiary alicyclic amines) is 2. The molecule has 28 nitrogen and oxygen atoms in total. The van der Waals surface area contributed by atoms with Gasteiger partial charge in [-0.05, 0) is 94.2 Å². The van der Waals surface area contributed by atoms with Gasteiger partial charge in [-0.1, -0.05) is 62.4 Å². The molecule has 10 atom stereocenters. The molecular formula is C58H87N17O11S2. The fraction of sp³-hybridized carbons (Fsp3) is 0.552. The summed E-state index contributed by atoms with van der Waals surface area (Å²) in [4.78, 5) is 149. The van der Waals surface area contributed by atoms with Gasteiger partial charge in [0.05, 0.1) is 6.04 Å². The lowest BCUT2D eigenvalue weighted by atomic mass is 9.89. The third-order valence-corrected chi connectivity index (χ3v) is 16.1. The maximum absolute atomic E-state index is 14.8. The number of thiol groups is 2. The number of aliphatic carboxylic acids is 1. The Labute approximate surface area is 522 Å². The first-order valence-corrected chi connectivity index (χ1v) is 30.7. The number of carbonyl (C=O) groups excluding carboxylic acids is 9. The zero-order valence-electron chi connectivity index (χ0n) is 50.1. The molecule has 482 valence electrons. The second-order valence-corrected chi connectivity index (χ2v) is 23.4. The van der Waals surface area contributed by atoms with Gasteiger partial charge in [-0.15, -0.1) is 0 Å². The summed E-state index contributed by atoms with van der Waals surface area (Å²) in [5.74, 6) is -8.84. The largest absolute Gasteiger partial charge is 0.480 e. The van der Waals surface area contributed by atoms with Crippen LogP contribution in [0.4, 0.5) is 0 Å². The maximum atomic E-state index is 14.8. The van der Waals surface area contributed by atoms with E-state index in [1.54, 1.807) is 47.5 Å². The van der Waals surface area contributed by atoms with Gasteiger partial charge in [0.15, 0.2) is 11.9 Å². The van der Waals surface area contributed by atoms with Crippen LogP contribution in [0.25, 0.3) is 10.9 Å². The number of para-hydroxylation sites is 1. The molecule has 2 aromatic carbocycles. The van der Waals surface area contributed by atoms with Gasteiger partial charge in [0.1, 0.15) is 54.4 Å². The van der Waals surface area contributed by atoms with Crippen molar-refractivity contribution in [1.29, 1.82) is 5.41 Å². The molecule has 0 saturated carbocycles. The standard InChI is InChI=1S/C58H87N17O11S2/c1-31(2)24-41(51(80)72-44(53(82)73-45(30-88)56(85)86)27-36-28-65-39-15-9-8-14-37(36)39)69-48(77)32(3)66-50(79)42(26-35-18-22-74(23-19-35)58(62)63)71-52(81)43(25-34-12-6-5-7-13-34)70-49(78)40(16-10-20-64-57(60)61)68-47(76)33(4)67-54(83)46-17-11-21-75(46)55(84)38(59)29-87/h5-9,12-15,28,31-33,35,38,40-46,65,87-88H,10-11,16-27,29-30,59H2,1-4H3,(H3,62,63)(H,66,79)(H,67,83)(H,68,76)(H,69,77)(H,70,78)(H,71,81)(H,72,80)(H,73,82)(H,85,86)(H4,60,61,64)/t32-,33-,38-,40-,41-,42-,43-,44-,45-,46-/m0/s1. The molecule has 19 N–H and O–H groups in total. The topological polar surface area (TPSA) is 450 Å². The highest BCUT2D eigenvalue weighted by Gasteiger charge is 2.39. The number of amides is 9. The summed E-state index contributed by atoms with van der Waals surface area (Å²) in [6.07, 6.45) is 3.56. The van der Waals surface area contributed by atoms with E-state index >= 15 is 0 Å². The van der Waals surface area contributed by atoms with Crippen molar-refractivity contribution in [3.63, 3.8) is 0 Å². The van der Waals surface area contributed by atoms with Crippen LogP contribution in [0, 0.1) is 17.2 Å². The molecule has 9 amide bonds. The number of carboxylic acids is 1. The van der Waals surface area contributed by atoms with Gasteiger partial charge in [0.25, 0.3) is 0 Å². The Morgan fingerprint density at radius 2 is 1.20 bits per heavy atom. The van der Waals surface area contributed by atoms with Gasteiger partial charge in [0, 0.05) is 67.6 Å². The molecule has 0 bridgehead atoms. The summed E-state index contributed by atoms with van der Waals surface area (Å²) in [5.41, 5.74) is 24.9. The van der Waals surface area contributed by atoms with Crippen molar-refractivity contribution in [3.8, 4) is 0 Å². The lowest BCUT2D eigenvalue weighted by Crippen LogP contribution is -2.60. The van der Waals surface area contributed by atoms with E-state index in [9.17, 15) is 53.1 Å². The average molecular weight is 1260 g/mol. The van der Waals surface area contributed by atoms with Crippen molar-refractivity contribution in [1.82, 2.24) is 57.3 Å². The average Bonchev–Trinajstić information content (AvgIpc) is 3.49. The monoisotopic (exact) mass is 1260 g/mol. The molecule has 0 unspecified atom stereocenters. The van der Waals surface area contributed by atoms with E-state index in [1.165, 1.54) is 18.7 Å². The molecule has 0 radical (unpaired) electrons. The van der Waals surface area contributed by atoms with Crippen molar-refractivity contribution >= 4 is 107 Å². The highest BCUT2D eigenvalue weighted by Crippen LogP contribution is 2.24. The summed E-state index contributed by atoms with van der Waals surface area (Å²) >= 11 is 8.19. The van der Waals surface area contributed by atoms with Crippen molar-refractivity contribution in [2.24, 2.45) is 39.8 Å². The van der Waals surface area contributed by atoms with Crippen molar-refractivity contribution in [2.45, 2.75) is 152 Å². The smallest absolute Gasteiger partial charge is 0.327 e. The molecule has 0 aliphatic carbocycles. The maximum Gasteiger partial charge on any atom is 0.327 e. The van der Waals surface area contributed by atoms with Gasteiger partial charge in [-0.2, -0.15) is 25.3 Å². The highest BCUT2D eigenvalue weighted by atomic mass is 32.1. The quantitative estimate of drug-likeness (QED) is 0.0142. The molecule has 5 rings (SSSR count). The number of aromatic amines is 1. The van der Waals surface area contributed by atoms with Crippen molar-refractivity contribution in [3.05, 3.63) is 71.9 Å². The molecule has 2 saturated heterocycles. The Balaban J connectivity index is 1.37. The first-order valence-electron chi connectivity index (χ1n) is 29.5. The second-order valence-electron chi connectivity index (χ2n) is 22.7. The van der Waals surface area contributed by atoms with Gasteiger partial charge in [0.2, 0.25) is 53.2 Å². The molecule has 30 heteroatoms. The number of aliphatic imine (C=N–C) groups is 1. The molecule has 2 aliphatic heterocycles. The van der Waals surface area contributed by atoms with Gasteiger partial charge >= 0.3 is 5.97 Å². The molecule has 2 aliphatic rings. The highest BCUT2D eigenvalue weighted by molar-refractivity contribution is 7.80. The van der Waals surface area contributed by atoms with Crippen LogP contribution in [-0.2, 0) is 60.8 Å². The number of nitrogens with one attached hydrogen (secondary N) is 10. The summed E-state index contributed by atoms with van der Waals surface area (Å²) in [7, 11) is 0. The van der Waals surface area contributed by atoms with E-state index in [0.29, 0.717) is 49.9 Å². The number of rotatable bonds is 32. The molecule has 3 aromatic rings. The summed E-state index contributed by atoms with van der Waals surface area (Å²) in [6, 6.07) is 3.57. The van der Waals surface area contributed by atoms with Crippen LogP contribution in [-0.4, -0.2) is 189 Å². The normalized spacial score (nSPS) is 17.3. The SMILES string of the molecule is CC(C)C[C@H](NC(=O)[C@H](C)NC(=O)[C@H](CC1CCN(C(=N)N)CC1)NC(=O)[C@H](Cc1ccccc1)NC(=O)[C@H](CCCN=C(N)N)NC(=O)[C@H](C)NC(=O)[C@@H]1CCCN1C(=O)[C@@H](N)CS)C(=O)N[C@@H](Cc1c[nH]c2ccccc12)C(=O)N[C@@H](CS)C(=O)O. The van der Waals surface area contributed by atoms with E-state index in [-0.39, 0.29) is 86.9 Å². The Hall–Kier alpha value is -8.12. The van der Waals surface area contributed by atoms with Crippen LogP contribution in [0.1, 0.15) is 90.2 Å². The minimum atomic E-state index is -1.39. The van der Waals surface area contributed by atoms with Crippen LogP contribution in [0.5, 0.6) is 0 Å². The molecule has 88 heavy (non-hydrogen) atoms. The van der Waals surface area contributed by atoms with E-state index in [2.05, 4.69) is 77.8 Å². The minimum Gasteiger partial charge on any atom is -0.480 e. The fourth-order valence-corrected chi connectivity index (χ4v) is 10.9. The zero-order chi connectivity index (χ0) is 64.8. The number of carboxylic acid groups (broad SMARTS) is 1. The molecule has 3 heterocycles. The number of hydrogen-bond acceptors (Lipinski definition) is 15. The number of carbonyl (C=O) groups is 10. The van der Waals surface area contributed by atoms with E-state index in [1.807, 2.05) is 32.0 Å². The number of nitrogens with zero attached hydrogens (tertiary/aromatic N) is 3. The number of H-pyrrole nitrogens is 1. The summed E-state index contributed by atoms with van der Waals surface area (Å²) < 4.78 is 0. The predicted octanol–water partition coefficient (Wildman–Crippen LogP) is -1.77. The zero-order valence-corrected chi connectivity index (χ0v) is 51.9. The lowest BCUT2D eigenvalue weighted by molar-refractivity contribution is -0.141. The summed E-state index contributed by atoms with van der Waals surface area (Å²) in [6.45, 7) is 7.54. The lowest BCUT2D eigenvalue weighted by Gasteiger charge is -2.34. The Morgan fingerprint density at radius 1 is 0.659 bits per heavy atom. The number of hydrogen-bond donors (Lipinski definition) is 17. The van der Waals surface area contributed by atoms with E-state index in [0.717, 1.165) is 10.9 Å². The van der Waals surface area contributed by atoms with Crippen LogP contribution in [0.2, 0.25) is 0 Å². The third-order valence-electron chi connectivity index (χ3n) is 15.4. The first-order chi connectivity index (χ1) is 41.8. The number of nitrogens with two attached hydrogens (primary N) is 4. The minimum absolute atomic E-state index is 0.0414. The van der Waals surface area contributed by atoms with Crippen LogP contribution < -0.4 is 65.5 Å². The van der Waals surface area contributed by atoms with Crippen LogP contribution >= 0.6 is 25.3 Å². The van der Waals surface area contributed by atoms with Crippen molar-refractivity contribution in [2.75, 3.05) is 37.7 Å². The van der Waals surface area contributed by atoms with Crippen LogP contribution in [0.3, 0.4) is 0 Å². The Bertz CT molecular complexity index is 2960. The fourth-order valence-electron chi connectivity index (χ4n) is 10.5. The van der Waals surface area contributed by atoms with Gasteiger partial charge in [-0.3, -0.25) is 53.6 Å². The first kappa shape index (κ1) is 70.6. The Morgan fingerprint density at radius 3 is 1.81 bits per heavy atom. The van der Waals surface area contributed by atoms with E-state index in [4.69, 9.17) is 28.3 Å². The van der Waals surface area contributed by atoms with Gasteiger partial charge in [-0.25, -0.2) is 4.79 Å². The number of guanidine groups is 2. The number of benzene rings is 2. The van der Waals surface area contributed by atoms with Crippen molar-refractivity contribution < 1.29 is 53.1 Å². The predicted molar refractivity (Wildman–Crippen MR) is 337 cm³/mol. The van der Waals surface area contributed by atoms with E-state index < -0.39 is 120 Å². The number of fused-ring (bicyclic) bond motifs is 1. The number of aromatic nitrogens is 1. The molecule has 2 fully saturated rings. The van der Waals surface area contributed by atoms with Gasteiger partial charge < -0.3 is 85.4 Å². The van der Waals surface area contributed by atoms with Crippen LogP contribution in [0.15, 0.2) is 65.8 Å². The Kier molecular flexibility index (Phi) is 27.6. The third kappa shape index (κ3) is 21.3. The molecule has 1 aromatic heterocycles. The molecular weight excluding hydrogens is 1170 g/mol. The second kappa shape index (κ2) is 34.4. The number of piperidine rings is 1. The summed E-state index contributed by atoms with van der Waals surface area (Å²) in [5, 5.41) is 40.0.